The lowest BCUT2D eigenvalue weighted by Gasteiger charge is -2.40. The summed E-state index contributed by atoms with van der Waals surface area (Å²) in [4.78, 5) is 176. The Labute approximate surface area is 521 Å². The van der Waals surface area contributed by atoms with E-state index in [0.717, 1.165) is 11.1 Å². The second-order valence-electron chi connectivity index (χ2n) is 26.6. The molecule has 494 valence electrons. The smallest absolute Gasteiger partial charge is 0.324 e. The molecule has 5 rings (SSSR count). The lowest BCUT2D eigenvalue weighted by atomic mass is 9.96. The van der Waals surface area contributed by atoms with Crippen molar-refractivity contribution >= 4 is 65.1 Å². The Morgan fingerprint density at radius 2 is 0.989 bits per heavy atom. The van der Waals surface area contributed by atoms with Crippen molar-refractivity contribution in [1.29, 1.82) is 0 Å². The van der Waals surface area contributed by atoms with E-state index in [1.807, 2.05) is 55.4 Å². The highest BCUT2D eigenvalue weighted by Crippen LogP contribution is 2.37. The van der Waals surface area contributed by atoms with Gasteiger partial charge in [0.25, 0.3) is 0 Å². The van der Waals surface area contributed by atoms with E-state index >= 15 is 19.2 Å². The summed E-state index contributed by atoms with van der Waals surface area (Å²) in [6.07, 6.45) is 0.395. The van der Waals surface area contributed by atoms with Crippen molar-refractivity contribution in [2.24, 2.45) is 29.6 Å². The van der Waals surface area contributed by atoms with E-state index in [1.54, 1.807) is 33.8 Å². The number of nitrogens with one attached hydrogen (secondary N) is 3. The van der Waals surface area contributed by atoms with Gasteiger partial charge in [-0.25, -0.2) is 9.18 Å². The molecule has 88 heavy (non-hydrogen) atoms. The Bertz CT molecular complexity index is 2680. The second-order valence-corrected chi connectivity index (χ2v) is 26.6. The number of fused-ring (bicyclic) bond motifs is 27. The van der Waals surface area contributed by atoms with E-state index < -0.39 is 156 Å². The molecule has 5 heterocycles. The number of hydrogen-bond acceptors (Lipinski definition) is 13. The second kappa shape index (κ2) is 31.6. The fraction of sp³-hybridized carbons (Fsp3) is 0.746. The molecular formula is C63H103FN12O12. The number of urea groups is 1. The summed E-state index contributed by atoms with van der Waals surface area (Å²) in [5.41, 5.74) is 0.567. The molecule has 13 atom stereocenters. The molecular weight excluding hydrogens is 1140 g/mol. The fourth-order valence-electron chi connectivity index (χ4n) is 12.2. The first-order valence-corrected chi connectivity index (χ1v) is 31.3. The Morgan fingerprint density at radius 3 is 1.49 bits per heavy atom. The van der Waals surface area contributed by atoms with Crippen molar-refractivity contribution in [1.82, 2.24) is 60.1 Å². The number of amides is 12. The Kier molecular flexibility index (Phi) is 26.5. The van der Waals surface area contributed by atoms with E-state index in [2.05, 4.69) is 20.9 Å². The third-order valence-electron chi connectivity index (χ3n) is 17.6. The lowest BCUT2D eigenvalue weighted by Crippen LogP contribution is -2.62. The minimum absolute atomic E-state index is 0.0600. The van der Waals surface area contributed by atoms with Crippen molar-refractivity contribution in [2.45, 2.75) is 227 Å². The number of likely N-dealkylation sites (N-methyl/N-ethyl adjacent to an activating group) is 7. The predicted octanol–water partition coefficient (Wildman–Crippen LogP) is 3.68. The van der Waals surface area contributed by atoms with Gasteiger partial charge in [-0.15, -0.1) is 0 Å². The molecule has 4 bridgehead atoms. The van der Waals surface area contributed by atoms with Gasteiger partial charge in [-0.1, -0.05) is 76.2 Å². The molecule has 4 aliphatic rings. The van der Waals surface area contributed by atoms with Gasteiger partial charge in [-0.3, -0.25) is 58.2 Å². The van der Waals surface area contributed by atoms with Crippen LogP contribution in [-0.4, -0.2) is 237 Å². The molecule has 3 N–H and O–H groups in total. The summed E-state index contributed by atoms with van der Waals surface area (Å²) >= 11 is 0. The molecule has 1 aromatic heterocycles. The van der Waals surface area contributed by atoms with Gasteiger partial charge >= 0.3 is 6.03 Å². The predicted molar refractivity (Wildman–Crippen MR) is 328 cm³/mol. The van der Waals surface area contributed by atoms with Crippen LogP contribution in [-0.2, 0) is 59.1 Å². The average molecular weight is 1240 g/mol. The van der Waals surface area contributed by atoms with Crippen LogP contribution in [0.2, 0.25) is 0 Å². The molecule has 0 saturated carbocycles. The molecule has 12 amide bonds. The normalized spacial score (nSPS) is 28.9. The number of hydrogen-bond donors (Lipinski definition) is 3. The number of carbonyl (C=O) groups excluding carboxylic acids is 11. The number of rotatable bonds is 14. The Balaban J connectivity index is 1.93. The number of imide groups is 1. The van der Waals surface area contributed by atoms with Crippen LogP contribution in [0.25, 0.3) is 0 Å². The standard InChI is InChI=1S/C63H103FN12O12/c1-22-43-57(81)69(15)39(13)56(80)70(16)46(29-34(4)5)55(79)67-49(37(10)11)60(84)71(17)45(28-33(2)3)54(78)66-38(12)53(77)68-63(87)73(19)48(31-36(8)9)58(82)72(18)47(30-35(6)7)59(83)74(20)50-40(14)88-52-44(25-23-24-42-27-26-41(64)32-65-42)76(43)62(86)51(52)75(21)61(50)85/h26-27,32-40,43-52H,22-25,28-31H2,1-21H3,(H,66,78)(H,67,79)(H,68,77,87)/t38-,39-,40?,43-,44-,45?,46+,47?,48-,49-,50+,51+,52-/m1/s1. The lowest BCUT2D eigenvalue weighted by molar-refractivity contribution is -0.156. The van der Waals surface area contributed by atoms with E-state index in [1.165, 1.54) is 104 Å². The first-order valence-electron chi connectivity index (χ1n) is 31.3. The highest BCUT2D eigenvalue weighted by atomic mass is 19.1. The van der Waals surface area contributed by atoms with Crippen LogP contribution in [0.4, 0.5) is 9.18 Å². The first kappa shape index (κ1) is 73.7. The number of ether oxygens (including phenoxy) is 1. The number of aromatic nitrogens is 1. The quantitative estimate of drug-likeness (QED) is 0.225. The molecule has 0 spiro atoms. The van der Waals surface area contributed by atoms with Crippen molar-refractivity contribution in [3.05, 3.63) is 29.8 Å². The van der Waals surface area contributed by atoms with Crippen LogP contribution in [0, 0.1) is 35.4 Å². The number of nitrogens with zero attached hydrogens (tertiary/aromatic N) is 9. The number of aryl methyl sites for hydroxylation is 1. The molecule has 25 heteroatoms. The van der Waals surface area contributed by atoms with E-state index in [-0.39, 0.29) is 62.2 Å². The molecule has 4 saturated heterocycles. The maximum absolute atomic E-state index is 15.4. The number of halogens is 1. The summed E-state index contributed by atoms with van der Waals surface area (Å²) in [5.74, 6) is -8.48. The zero-order chi connectivity index (χ0) is 66.8. The van der Waals surface area contributed by atoms with Gasteiger partial charge in [0.1, 0.15) is 72.3 Å². The highest BCUT2D eigenvalue weighted by molar-refractivity contribution is 6.02. The van der Waals surface area contributed by atoms with Crippen LogP contribution in [0.5, 0.6) is 0 Å². The van der Waals surface area contributed by atoms with E-state index in [0.29, 0.717) is 18.5 Å². The van der Waals surface area contributed by atoms with E-state index in [9.17, 15) is 38.0 Å². The maximum Gasteiger partial charge on any atom is 0.324 e. The van der Waals surface area contributed by atoms with Crippen molar-refractivity contribution in [3.63, 3.8) is 0 Å². The maximum atomic E-state index is 15.4. The summed E-state index contributed by atoms with van der Waals surface area (Å²) in [5, 5.41) is 7.84. The molecule has 4 aliphatic heterocycles. The first-order chi connectivity index (χ1) is 40.9. The van der Waals surface area contributed by atoms with Crippen LogP contribution in [0.1, 0.15) is 148 Å². The van der Waals surface area contributed by atoms with Gasteiger partial charge in [-0.2, -0.15) is 0 Å². The SMILES string of the molecule is CC[C@@H]1C(=O)N(C)[C@H](C)C(=O)N(C)[C@@H](CC(C)C)C(=O)N[C@H](C(C)C)C(=O)N(C)C(CC(C)C)C(=O)N[C@H](C)C(=O)NC(=O)N(C)[C@H](CC(C)C)C(=O)N(C)C(CC(C)C)C(=O)N(C)[C@@H]2C(=O)N(C)[C@@H]3C(=O)N1[C@H](CCCc1ccc(F)cn1)[C@H]3OC2C. The minimum atomic E-state index is -1.34. The Morgan fingerprint density at radius 1 is 0.523 bits per heavy atom. The van der Waals surface area contributed by atoms with Crippen molar-refractivity contribution < 1.29 is 61.9 Å². The van der Waals surface area contributed by atoms with Gasteiger partial charge in [0.05, 0.1) is 18.3 Å². The van der Waals surface area contributed by atoms with Gasteiger partial charge in [-0.05, 0) is 114 Å². The zero-order valence-corrected chi connectivity index (χ0v) is 56.1. The largest absolute Gasteiger partial charge is 0.368 e. The van der Waals surface area contributed by atoms with Gasteiger partial charge in [0.15, 0.2) is 0 Å². The van der Waals surface area contributed by atoms with E-state index in [4.69, 9.17) is 4.74 Å². The molecule has 1 aromatic rings. The van der Waals surface area contributed by atoms with Gasteiger partial charge in [0, 0.05) is 55.0 Å². The van der Waals surface area contributed by atoms with Crippen LogP contribution >= 0.6 is 0 Å². The zero-order valence-electron chi connectivity index (χ0n) is 56.1. The third-order valence-corrected chi connectivity index (χ3v) is 17.6. The molecule has 0 radical (unpaired) electrons. The summed E-state index contributed by atoms with van der Waals surface area (Å²) in [7, 11) is 9.94. The van der Waals surface area contributed by atoms with Crippen LogP contribution in [0.3, 0.4) is 0 Å². The summed E-state index contributed by atoms with van der Waals surface area (Å²) in [6.45, 7) is 24.5. The molecule has 0 aliphatic carbocycles. The van der Waals surface area contributed by atoms with Crippen LogP contribution in [0.15, 0.2) is 18.3 Å². The molecule has 3 unspecified atom stereocenters. The third kappa shape index (κ3) is 17.3. The van der Waals surface area contributed by atoms with Gasteiger partial charge < -0.3 is 54.6 Å². The summed E-state index contributed by atoms with van der Waals surface area (Å²) in [6, 6.07) is -11.4. The molecule has 0 aromatic carbocycles. The Hall–Kier alpha value is -6.79. The minimum Gasteiger partial charge on any atom is -0.368 e. The van der Waals surface area contributed by atoms with Crippen molar-refractivity contribution in [2.75, 3.05) is 49.3 Å². The summed E-state index contributed by atoms with van der Waals surface area (Å²) < 4.78 is 20.9. The highest BCUT2D eigenvalue weighted by Gasteiger charge is 2.59. The van der Waals surface area contributed by atoms with Gasteiger partial charge in [0.2, 0.25) is 59.1 Å². The topological polar surface area (TPSA) is 272 Å². The molecule has 24 nitrogen and oxygen atoms in total. The van der Waals surface area contributed by atoms with Crippen LogP contribution < -0.4 is 16.0 Å². The number of carbonyl (C=O) groups is 11. The molecule has 4 fully saturated rings. The average Bonchev–Trinajstić information content (AvgIpc) is 1.59. The monoisotopic (exact) mass is 1240 g/mol. The fourth-order valence-corrected chi connectivity index (χ4v) is 12.2. The number of pyridine rings is 1. The van der Waals surface area contributed by atoms with Crippen molar-refractivity contribution in [3.8, 4) is 0 Å².